The molecular weight excluding hydrogens is 340 g/mol. The van der Waals surface area contributed by atoms with Gasteiger partial charge in [-0.25, -0.2) is 8.78 Å². The van der Waals surface area contributed by atoms with E-state index < -0.39 is 11.6 Å². The van der Waals surface area contributed by atoms with E-state index >= 15 is 0 Å². The molecule has 2 heterocycles. The van der Waals surface area contributed by atoms with E-state index in [0.29, 0.717) is 35.0 Å². The Morgan fingerprint density at radius 3 is 2.69 bits per heavy atom. The first-order chi connectivity index (χ1) is 12.6. The smallest absolute Gasteiger partial charge is 0.233 e. The molecule has 9 heteroatoms. The number of nitrogens with one attached hydrogen (secondary N) is 3. The summed E-state index contributed by atoms with van der Waals surface area (Å²) in [5.41, 5.74) is 1.42. The minimum atomic E-state index is -0.620. The minimum Gasteiger partial charge on any atom is -0.350 e. The molecule has 0 spiro atoms. The number of H-pyrrole nitrogens is 1. The second-order valence-electron chi connectivity index (χ2n) is 6.23. The van der Waals surface area contributed by atoms with Crippen LogP contribution in [-0.2, 0) is 6.54 Å². The maximum Gasteiger partial charge on any atom is 0.233 e. The molecule has 3 N–H and O–H groups in total. The van der Waals surface area contributed by atoms with E-state index in [1.165, 1.54) is 25.0 Å². The van der Waals surface area contributed by atoms with E-state index in [1.54, 1.807) is 6.92 Å². The lowest BCUT2D eigenvalue weighted by Crippen LogP contribution is -2.09. The quantitative estimate of drug-likeness (QED) is 0.626. The molecule has 2 aromatic heterocycles. The Labute approximate surface area is 148 Å². The third-order valence-electron chi connectivity index (χ3n) is 4.05. The van der Waals surface area contributed by atoms with Crippen LogP contribution in [0.1, 0.15) is 35.8 Å². The number of rotatable bonds is 6. The maximum absolute atomic E-state index is 13.7. The largest absolute Gasteiger partial charge is 0.350 e. The zero-order valence-corrected chi connectivity index (χ0v) is 14.1. The van der Waals surface area contributed by atoms with E-state index in [-0.39, 0.29) is 6.54 Å². The number of aromatic nitrogens is 5. The maximum atomic E-state index is 13.7. The van der Waals surface area contributed by atoms with Gasteiger partial charge in [-0.2, -0.15) is 20.1 Å². The second-order valence-corrected chi connectivity index (χ2v) is 6.23. The van der Waals surface area contributed by atoms with Crippen LogP contribution in [0.5, 0.6) is 0 Å². The molecular formula is C17H17F2N7. The first kappa shape index (κ1) is 16.4. The van der Waals surface area contributed by atoms with Crippen LogP contribution in [0, 0.1) is 18.6 Å². The minimum absolute atomic E-state index is 0.128. The Bertz CT molecular complexity index is 937. The summed E-state index contributed by atoms with van der Waals surface area (Å²) < 4.78 is 26.7. The van der Waals surface area contributed by atoms with Crippen LogP contribution < -0.4 is 10.6 Å². The molecule has 1 saturated carbocycles. The van der Waals surface area contributed by atoms with E-state index in [2.05, 4.69) is 35.8 Å². The molecule has 1 aliphatic rings. The van der Waals surface area contributed by atoms with Crippen molar-refractivity contribution >= 4 is 17.7 Å². The van der Waals surface area contributed by atoms with Crippen LogP contribution in [-0.4, -0.2) is 25.1 Å². The molecule has 134 valence electrons. The van der Waals surface area contributed by atoms with Crippen molar-refractivity contribution in [3.8, 4) is 0 Å². The summed E-state index contributed by atoms with van der Waals surface area (Å²) in [6, 6.07) is 5.38. The number of benzene rings is 1. The predicted octanol–water partition coefficient (Wildman–Crippen LogP) is 3.41. The average molecular weight is 357 g/mol. The molecule has 0 bridgehead atoms. The van der Waals surface area contributed by atoms with Gasteiger partial charge in [0.25, 0.3) is 0 Å². The summed E-state index contributed by atoms with van der Waals surface area (Å²) in [7, 11) is 0. The number of aryl methyl sites for hydroxylation is 1. The highest BCUT2D eigenvalue weighted by molar-refractivity contribution is 5.50. The van der Waals surface area contributed by atoms with Crippen LogP contribution in [0.4, 0.5) is 26.5 Å². The SMILES string of the molecule is Cc1nc(NCc2ccc(F)cc2F)nc(Nc2cc(C3CC3)[nH]n2)n1. The topological polar surface area (TPSA) is 91.4 Å². The van der Waals surface area contributed by atoms with Crippen molar-refractivity contribution < 1.29 is 8.78 Å². The van der Waals surface area contributed by atoms with Crippen molar-refractivity contribution in [3.05, 3.63) is 53.0 Å². The Kier molecular flexibility index (Phi) is 4.19. The molecule has 26 heavy (non-hydrogen) atoms. The lowest BCUT2D eigenvalue weighted by Gasteiger charge is -2.08. The number of hydrogen-bond donors (Lipinski definition) is 3. The van der Waals surface area contributed by atoms with E-state index in [0.717, 1.165) is 11.8 Å². The van der Waals surface area contributed by atoms with E-state index in [1.807, 2.05) is 6.07 Å². The summed E-state index contributed by atoms with van der Waals surface area (Å²) in [4.78, 5) is 12.7. The Balaban J connectivity index is 1.46. The molecule has 7 nitrogen and oxygen atoms in total. The molecule has 1 aromatic carbocycles. The highest BCUT2D eigenvalue weighted by Crippen LogP contribution is 2.39. The van der Waals surface area contributed by atoms with Gasteiger partial charge >= 0.3 is 0 Å². The molecule has 1 aliphatic carbocycles. The third kappa shape index (κ3) is 3.76. The van der Waals surface area contributed by atoms with Crippen molar-refractivity contribution in [1.82, 2.24) is 25.1 Å². The molecule has 0 aliphatic heterocycles. The summed E-state index contributed by atoms with van der Waals surface area (Å²) in [6.45, 7) is 1.86. The fourth-order valence-corrected chi connectivity index (χ4v) is 2.57. The van der Waals surface area contributed by atoms with Gasteiger partial charge in [0.2, 0.25) is 11.9 Å². The van der Waals surface area contributed by atoms with Gasteiger partial charge in [-0.05, 0) is 25.8 Å². The summed E-state index contributed by atoms with van der Waals surface area (Å²) in [5.74, 6) is 1.11. The van der Waals surface area contributed by atoms with Crippen LogP contribution in [0.25, 0.3) is 0 Å². The molecule has 3 aromatic rings. The van der Waals surface area contributed by atoms with Gasteiger partial charge in [0, 0.05) is 35.9 Å². The second kappa shape index (κ2) is 6.66. The monoisotopic (exact) mass is 357 g/mol. The summed E-state index contributed by atoms with van der Waals surface area (Å²) in [6.07, 6.45) is 2.36. The molecule has 0 unspecified atom stereocenters. The van der Waals surface area contributed by atoms with Crippen LogP contribution in [0.15, 0.2) is 24.3 Å². The molecule has 4 rings (SSSR count). The average Bonchev–Trinajstić information content (AvgIpc) is 3.34. The fourth-order valence-electron chi connectivity index (χ4n) is 2.57. The van der Waals surface area contributed by atoms with Crippen molar-refractivity contribution in [1.29, 1.82) is 0 Å². The van der Waals surface area contributed by atoms with Crippen molar-refractivity contribution in [3.63, 3.8) is 0 Å². The number of hydrogen-bond acceptors (Lipinski definition) is 6. The van der Waals surface area contributed by atoms with E-state index in [9.17, 15) is 8.78 Å². The lowest BCUT2D eigenvalue weighted by molar-refractivity contribution is 0.574. The molecule has 0 radical (unpaired) electrons. The Morgan fingerprint density at radius 2 is 1.92 bits per heavy atom. The zero-order chi connectivity index (χ0) is 18.1. The van der Waals surface area contributed by atoms with Crippen molar-refractivity contribution in [2.45, 2.75) is 32.2 Å². The lowest BCUT2D eigenvalue weighted by atomic mass is 10.2. The molecule has 0 atom stereocenters. The molecule has 0 saturated heterocycles. The predicted molar refractivity (Wildman–Crippen MR) is 92.1 cm³/mol. The highest BCUT2D eigenvalue weighted by atomic mass is 19.1. The number of anilines is 3. The first-order valence-corrected chi connectivity index (χ1v) is 8.29. The normalized spacial score (nSPS) is 13.7. The number of aromatic amines is 1. The summed E-state index contributed by atoms with van der Waals surface area (Å²) >= 11 is 0. The van der Waals surface area contributed by atoms with Gasteiger partial charge in [0.1, 0.15) is 17.5 Å². The number of nitrogens with zero attached hydrogens (tertiary/aromatic N) is 4. The van der Waals surface area contributed by atoms with Gasteiger partial charge < -0.3 is 10.6 Å². The molecule has 0 amide bonds. The van der Waals surface area contributed by atoms with Crippen LogP contribution >= 0.6 is 0 Å². The van der Waals surface area contributed by atoms with Gasteiger partial charge in [-0.15, -0.1) is 0 Å². The highest BCUT2D eigenvalue weighted by Gasteiger charge is 2.25. The van der Waals surface area contributed by atoms with Gasteiger partial charge in [0.05, 0.1) is 0 Å². The third-order valence-corrected chi connectivity index (χ3v) is 4.05. The van der Waals surface area contributed by atoms with Crippen LogP contribution in [0.2, 0.25) is 0 Å². The zero-order valence-electron chi connectivity index (χ0n) is 14.1. The first-order valence-electron chi connectivity index (χ1n) is 8.29. The van der Waals surface area contributed by atoms with Crippen molar-refractivity contribution in [2.75, 3.05) is 10.6 Å². The van der Waals surface area contributed by atoms with Gasteiger partial charge in [0.15, 0.2) is 5.82 Å². The van der Waals surface area contributed by atoms with E-state index in [4.69, 9.17) is 0 Å². The van der Waals surface area contributed by atoms with Gasteiger partial charge in [-0.1, -0.05) is 6.07 Å². The number of halogens is 2. The van der Waals surface area contributed by atoms with Gasteiger partial charge in [-0.3, -0.25) is 5.10 Å². The fraction of sp³-hybridized carbons (Fsp3) is 0.294. The molecule has 1 fully saturated rings. The standard InChI is InChI=1S/C17H17F2N7/c1-9-21-16(20-8-11-4-5-12(18)6-13(11)19)24-17(22-9)23-15-7-14(25-26-15)10-2-3-10/h4-7,10H,2-3,8H2,1H3,(H3,20,21,22,23,24,25,26). The van der Waals surface area contributed by atoms with Crippen molar-refractivity contribution in [2.24, 2.45) is 0 Å². The Morgan fingerprint density at radius 1 is 1.12 bits per heavy atom. The van der Waals surface area contributed by atoms with Crippen LogP contribution in [0.3, 0.4) is 0 Å². The summed E-state index contributed by atoms with van der Waals surface area (Å²) in [5, 5.41) is 13.2. The Hall–Kier alpha value is -3.10.